The number of thioether (sulfide) groups is 1. The van der Waals surface area contributed by atoms with E-state index in [0.717, 1.165) is 27.2 Å². The molecule has 0 unspecified atom stereocenters. The van der Waals surface area contributed by atoms with E-state index < -0.39 is 11.7 Å². The molecule has 1 aliphatic heterocycles. The number of halogens is 4. The number of nitrogens with zero attached hydrogens (tertiary/aromatic N) is 4. The molecule has 2 aromatic carbocycles. The third kappa shape index (κ3) is 5.60. The van der Waals surface area contributed by atoms with Crippen molar-refractivity contribution in [3.8, 4) is 0 Å². The van der Waals surface area contributed by atoms with Gasteiger partial charge in [-0.2, -0.15) is 18.3 Å². The van der Waals surface area contributed by atoms with Crippen LogP contribution in [0.5, 0.6) is 0 Å². The van der Waals surface area contributed by atoms with E-state index in [1.165, 1.54) is 12.1 Å². The predicted octanol–water partition coefficient (Wildman–Crippen LogP) is 6.87. The zero-order valence-corrected chi connectivity index (χ0v) is 17.9. The zero-order chi connectivity index (χ0) is 21.0. The van der Waals surface area contributed by atoms with E-state index in [9.17, 15) is 13.2 Å². The minimum Gasteiger partial charge on any atom is -0.276 e. The summed E-state index contributed by atoms with van der Waals surface area (Å²) in [6.45, 7) is 3.96. The van der Waals surface area contributed by atoms with Crippen LogP contribution < -0.4 is 5.43 Å². The molecule has 10 heteroatoms. The highest BCUT2D eigenvalue weighted by molar-refractivity contribution is 9.10. The fourth-order valence-corrected chi connectivity index (χ4v) is 3.50. The van der Waals surface area contributed by atoms with Crippen LogP contribution in [0.25, 0.3) is 0 Å². The number of nitrogens with one attached hydrogen (secondary N) is 1. The lowest BCUT2D eigenvalue weighted by Crippen LogP contribution is -2.10. The number of allylic oxidation sites excluding steroid dienone is 2. The SMILES string of the molecule is CC1=C(C)N(N=NC(=NNc2cccc(C(F)(F)F)c2)c2ccc(Br)cc2)CS1. The minimum atomic E-state index is -4.43. The molecule has 1 N–H and O–H groups in total. The molecule has 0 saturated carbocycles. The number of amidine groups is 1. The van der Waals surface area contributed by atoms with Crippen molar-refractivity contribution in [1.29, 1.82) is 0 Å². The fourth-order valence-electron chi connectivity index (χ4n) is 2.36. The van der Waals surface area contributed by atoms with Crippen molar-refractivity contribution in [3.05, 3.63) is 74.7 Å². The van der Waals surface area contributed by atoms with Gasteiger partial charge in [0.25, 0.3) is 0 Å². The van der Waals surface area contributed by atoms with Crippen LogP contribution in [0.3, 0.4) is 0 Å². The molecule has 0 aromatic heterocycles. The smallest absolute Gasteiger partial charge is 0.276 e. The van der Waals surface area contributed by atoms with Gasteiger partial charge in [0.2, 0.25) is 5.84 Å². The first-order valence-electron chi connectivity index (χ1n) is 8.50. The van der Waals surface area contributed by atoms with Gasteiger partial charge in [-0.3, -0.25) is 5.43 Å². The van der Waals surface area contributed by atoms with Gasteiger partial charge in [0.1, 0.15) is 0 Å². The van der Waals surface area contributed by atoms with E-state index in [-0.39, 0.29) is 11.5 Å². The first-order chi connectivity index (χ1) is 13.7. The molecule has 1 heterocycles. The van der Waals surface area contributed by atoms with Gasteiger partial charge in [0.05, 0.1) is 17.1 Å². The quantitative estimate of drug-likeness (QED) is 0.223. The molecule has 3 rings (SSSR count). The van der Waals surface area contributed by atoms with Gasteiger partial charge in [0, 0.05) is 20.6 Å². The number of benzene rings is 2. The summed E-state index contributed by atoms with van der Waals surface area (Å²) in [6.07, 6.45) is -4.43. The van der Waals surface area contributed by atoms with Crippen LogP contribution in [0.1, 0.15) is 25.0 Å². The average molecular weight is 484 g/mol. The predicted molar refractivity (Wildman–Crippen MR) is 113 cm³/mol. The Morgan fingerprint density at radius 2 is 1.86 bits per heavy atom. The number of hydrogen-bond acceptors (Lipinski definition) is 4. The molecular formula is C19H17BrF3N5S. The molecular weight excluding hydrogens is 467 g/mol. The maximum atomic E-state index is 12.9. The molecule has 2 aromatic rings. The Kier molecular flexibility index (Phi) is 6.63. The Labute approximate surface area is 178 Å². The van der Waals surface area contributed by atoms with E-state index in [1.807, 2.05) is 26.0 Å². The average Bonchev–Trinajstić information content (AvgIpc) is 3.01. The lowest BCUT2D eigenvalue weighted by Gasteiger charge is -2.11. The molecule has 5 nitrogen and oxygen atoms in total. The van der Waals surface area contributed by atoms with Crippen LogP contribution in [0.15, 0.2) is 79.0 Å². The van der Waals surface area contributed by atoms with Crippen LogP contribution in [-0.4, -0.2) is 16.7 Å². The monoisotopic (exact) mass is 483 g/mol. The zero-order valence-electron chi connectivity index (χ0n) is 15.5. The summed E-state index contributed by atoms with van der Waals surface area (Å²) in [5, 5.41) is 14.4. The number of anilines is 1. The molecule has 0 bridgehead atoms. The molecule has 0 saturated heterocycles. The Balaban J connectivity index is 1.88. The van der Waals surface area contributed by atoms with Crippen molar-refractivity contribution in [2.24, 2.45) is 15.4 Å². The summed E-state index contributed by atoms with van der Waals surface area (Å²) >= 11 is 5.03. The molecule has 0 fully saturated rings. The largest absolute Gasteiger partial charge is 0.416 e. The summed E-state index contributed by atoms with van der Waals surface area (Å²) < 4.78 is 39.6. The van der Waals surface area contributed by atoms with Gasteiger partial charge in [0.15, 0.2) is 0 Å². The number of alkyl halides is 3. The van der Waals surface area contributed by atoms with Crippen molar-refractivity contribution >= 4 is 39.2 Å². The van der Waals surface area contributed by atoms with Crippen LogP contribution in [0.2, 0.25) is 0 Å². The standard InChI is InChI=1S/C19H17BrF3N5S/c1-12-13(2)29-11-28(12)27-26-18(14-6-8-16(20)9-7-14)25-24-17-5-3-4-15(10-17)19(21,22)23/h3-10,24H,11H2,1-2H3. The Bertz CT molecular complexity index is 971. The highest BCUT2D eigenvalue weighted by Gasteiger charge is 2.30. The van der Waals surface area contributed by atoms with Gasteiger partial charge in [-0.05, 0) is 56.3 Å². The Morgan fingerprint density at radius 3 is 2.48 bits per heavy atom. The van der Waals surface area contributed by atoms with Gasteiger partial charge in [-0.15, -0.1) is 16.9 Å². The van der Waals surface area contributed by atoms with E-state index >= 15 is 0 Å². The Hall–Kier alpha value is -2.33. The molecule has 29 heavy (non-hydrogen) atoms. The van der Waals surface area contributed by atoms with E-state index in [0.29, 0.717) is 11.4 Å². The summed E-state index contributed by atoms with van der Waals surface area (Å²) in [4.78, 5) is 1.16. The van der Waals surface area contributed by atoms with Crippen LogP contribution >= 0.6 is 27.7 Å². The van der Waals surface area contributed by atoms with E-state index in [4.69, 9.17) is 0 Å². The first kappa shape index (κ1) is 21.4. The third-order valence-corrected chi connectivity index (χ3v) is 5.76. The molecule has 0 spiro atoms. The summed E-state index contributed by atoms with van der Waals surface area (Å²) in [5.74, 6) is 0.896. The van der Waals surface area contributed by atoms with Crippen molar-refractivity contribution in [3.63, 3.8) is 0 Å². The maximum Gasteiger partial charge on any atom is 0.416 e. The molecule has 0 radical (unpaired) electrons. The molecule has 0 atom stereocenters. The van der Waals surface area contributed by atoms with E-state index in [2.05, 4.69) is 36.8 Å². The number of hydrogen-bond donors (Lipinski definition) is 1. The fraction of sp³-hybridized carbons (Fsp3) is 0.211. The van der Waals surface area contributed by atoms with Crippen molar-refractivity contribution in [2.45, 2.75) is 20.0 Å². The molecule has 1 aliphatic rings. The van der Waals surface area contributed by atoms with Crippen LogP contribution in [0.4, 0.5) is 18.9 Å². The summed E-state index contributed by atoms with van der Waals surface area (Å²) in [5.41, 5.74) is 3.77. The normalized spacial score (nSPS) is 15.5. The summed E-state index contributed by atoms with van der Waals surface area (Å²) in [6, 6.07) is 12.1. The highest BCUT2D eigenvalue weighted by Crippen LogP contribution is 2.32. The number of rotatable bonds is 4. The van der Waals surface area contributed by atoms with Gasteiger partial charge < -0.3 is 0 Å². The number of hydrazone groups is 1. The van der Waals surface area contributed by atoms with Gasteiger partial charge in [-0.25, -0.2) is 5.01 Å². The van der Waals surface area contributed by atoms with Gasteiger partial charge >= 0.3 is 6.18 Å². The first-order valence-corrected chi connectivity index (χ1v) is 10.3. The summed E-state index contributed by atoms with van der Waals surface area (Å²) in [7, 11) is 0. The lowest BCUT2D eigenvalue weighted by molar-refractivity contribution is -0.137. The van der Waals surface area contributed by atoms with Crippen LogP contribution in [-0.2, 0) is 6.18 Å². The van der Waals surface area contributed by atoms with Gasteiger partial charge in [-0.1, -0.05) is 27.2 Å². The highest BCUT2D eigenvalue weighted by atomic mass is 79.9. The Morgan fingerprint density at radius 1 is 1.14 bits per heavy atom. The molecule has 0 amide bonds. The van der Waals surface area contributed by atoms with Crippen molar-refractivity contribution in [1.82, 2.24) is 5.01 Å². The molecule has 0 aliphatic carbocycles. The second kappa shape index (κ2) is 9.00. The van der Waals surface area contributed by atoms with Crippen molar-refractivity contribution in [2.75, 3.05) is 11.3 Å². The maximum absolute atomic E-state index is 12.9. The third-order valence-electron chi connectivity index (χ3n) is 4.13. The molecule has 152 valence electrons. The second-order valence-corrected chi connectivity index (χ2v) is 8.21. The lowest BCUT2D eigenvalue weighted by atomic mass is 10.2. The van der Waals surface area contributed by atoms with Crippen LogP contribution in [0, 0.1) is 0 Å². The topological polar surface area (TPSA) is 52.4 Å². The minimum absolute atomic E-state index is 0.202. The van der Waals surface area contributed by atoms with E-state index in [1.54, 1.807) is 28.9 Å². The second-order valence-electron chi connectivity index (χ2n) is 6.14. The van der Waals surface area contributed by atoms with Crippen molar-refractivity contribution < 1.29 is 13.2 Å².